The lowest BCUT2D eigenvalue weighted by molar-refractivity contribution is 0.0867. The van der Waals surface area contributed by atoms with Gasteiger partial charge in [0.05, 0.1) is 13.2 Å². The van der Waals surface area contributed by atoms with Gasteiger partial charge in [-0.2, -0.15) is 0 Å². The summed E-state index contributed by atoms with van der Waals surface area (Å²) in [5.41, 5.74) is 1.76. The van der Waals surface area contributed by atoms with E-state index in [1.165, 1.54) is 30.3 Å². The van der Waals surface area contributed by atoms with Gasteiger partial charge >= 0.3 is 0 Å². The zero-order chi connectivity index (χ0) is 18.2. The van der Waals surface area contributed by atoms with Crippen molar-refractivity contribution in [2.24, 2.45) is 0 Å². The topological polar surface area (TPSA) is 58.6 Å². The number of aryl methyl sites for hydroxylation is 1. The van der Waals surface area contributed by atoms with E-state index in [0.29, 0.717) is 36.3 Å². The lowest BCUT2D eigenvalue weighted by Crippen LogP contribution is -2.25. The van der Waals surface area contributed by atoms with Gasteiger partial charge in [-0.25, -0.2) is 8.78 Å². The quantitative estimate of drug-likeness (QED) is 0.720. The van der Waals surface area contributed by atoms with Crippen LogP contribution in [0.4, 0.5) is 8.78 Å². The number of amides is 1. The average Bonchev–Trinajstić information content (AvgIpc) is 2.58. The molecule has 0 aliphatic rings. The molecule has 0 saturated carbocycles. The van der Waals surface area contributed by atoms with Crippen LogP contribution in [-0.2, 0) is 4.74 Å². The fourth-order valence-electron chi connectivity index (χ4n) is 2.45. The first-order valence-corrected chi connectivity index (χ1v) is 8.06. The molecule has 2 aromatic rings. The standard InChI is InChI=1S/C19H21F2NO3/c1-13-11-15(20)4-6-16(13)17-5-3-14(12-18(17)21)19(24)22-7-2-9-25-10-8-23/h3-6,11-12,23H,2,7-10H2,1H3,(H,22,24). The summed E-state index contributed by atoms with van der Waals surface area (Å²) in [6.07, 6.45) is 0.598. The Morgan fingerprint density at radius 3 is 2.56 bits per heavy atom. The molecule has 6 heteroatoms. The molecule has 1 amide bonds. The van der Waals surface area contributed by atoms with E-state index in [1.54, 1.807) is 13.0 Å². The van der Waals surface area contributed by atoms with Gasteiger partial charge < -0.3 is 15.2 Å². The Hall–Kier alpha value is -2.31. The minimum atomic E-state index is -0.534. The maximum Gasteiger partial charge on any atom is 0.251 e. The number of carbonyl (C=O) groups excluding carboxylic acids is 1. The van der Waals surface area contributed by atoms with Crippen LogP contribution in [0.25, 0.3) is 11.1 Å². The Kier molecular flexibility index (Phi) is 7.03. The molecule has 0 atom stereocenters. The lowest BCUT2D eigenvalue weighted by atomic mass is 9.98. The largest absolute Gasteiger partial charge is 0.394 e. The van der Waals surface area contributed by atoms with Crippen molar-refractivity contribution in [2.75, 3.05) is 26.4 Å². The normalized spacial score (nSPS) is 10.7. The molecule has 0 spiro atoms. The van der Waals surface area contributed by atoms with E-state index in [0.717, 1.165) is 0 Å². The fraction of sp³-hybridized carbons (Fsp3) is 0.316. The Bertz CT molecular complexity index is 735. The first kappa shape index (κ1) is 19.0. The van der Waals surface area contributed by atoms with E-state index >= 15 is 0 Å². The molecule has 0 aliphatic heterocycles. The molecule has 0 unspecified atom stereocenters. The summed E-state index contributed by atoms with van der Waals surface area (Å²) in [5, 5.41) is 11.3. The number of aliphatic hydroxyl groups is 1. The van der Waals surface area contributed by atoms with Crippen molar-refractivity contribution >= 4 is 5.91 Å². The van der Waals surface area contributed by atoms with E-state index in [4.69, 9.17) is 9.84 Å². The number of nitrogens with one attached hydrogen (secondary N) is 1. The molecular formula is C19H21F2NO3. The number of aliphatic hydroxyl groups excluding tert-OH is 1. The van der Waals surface area contributed by atoms with Crippen LogP contribution in [0.2, 0.25) is 0 Å². The molecule has 0 saturated heterocycles. The molecule has 0 heterocycles. The molecule has 0 radical (unpaired) electrons. The molecule has 134 valence electrons. The second-order valence-corrected chi connectivity index (χ2v) is 5.60. The summed E-state index contributed by atoms with van der Waals surface area (Å²) in [7, 11) is 0. The van der Waals surface area contributed by atoms with Crippen molar-refractivity contribution in [1.82, 2.24) is 5.32 Å². The number of carbonyl (C=O) groups is 1. The highest BCUT2D eigenvalue weighted by molar-refractivity contribution is 5.94. The maximum atomic E-state index is 14.4. The van der Waals surface area contributed by atoms with Gasteiger partial charge in [-0.05, 0) is 48.7 Å². The minimum Gasteiger partial charge on any atom is -0.394 e. The predicted octanol–water partition coefficient (Wildman–Crippen LogP) is 3.07. The zero-order valence-electron chi connectivity index (χ0n) is 14.0. The van der Waals surface area contributed by atoms with Gasteiger partial charge in [0, 0.05) is 24.3 Å². The van der Waals surface area contributed by atoms with E-state index in [-0.39, 0.29) is 30.5 Å². The van der Waals surface area contributed by atoms with Gasteiger partial charge in [0.25, 0.3) is 5.91 Å². The number of benzene rings is 2. The predicted molar refractivity (Wildman–Crippen MR) is 91.4 cm³/mol. The Morgan fingerprint density at radius 2 is 1.88 bits per heavy atom. The van der Waals surface area contributed by atoms with Gasteiger partial charge in [0.2, 0.25) is 0 Å². The summed E-state index contributed by atoms with van der Waals surface area (Å²) in [6.45, 7) is 2.76. The summed E-state index contributed by atoms with van der Waals surface area (Å²) in [6, 6.07) is 8.38. The molecule has 2 rings (SSSR count). The van der Waals surface area contributed by atoms with Crippen LogP contribution < -0.4 is 5.32 Å². The molecule has 0 aromatic heterocycles. The summed E-state index contributed by atoms with van der Waals surface area (Å²) in [4.78, 5) is 12.0. The molecular weight excluding hydrogens is 328 g/mol. The van der Waals surface area contributed by atoms with Gasteiger partial charge in [-0.1, -0.05) is 12.1 Å². The molecule has 0 aliphatic carbocycles. The summed E-state index contributed by atoms with van der Waals surface area (Å²) in [5.74, 6) is -1.28. The smallest absolute Gasteiger partial charge is 0.251 e. The SMILES string of the molecule is Cc1cc(F)ccc1-c1ccc(C(=O)NCCCOCCO)cc1F. The van der Waals surface area contributed by atoms with Gasteiger partial charge in [-0.3, -0.25) is 4.79 Å². The average molecular weight is 349 g/mol. The van der Waals surface area contributed by atoms with Crippen LogP contribution in [0.1, 0.15) is 22.3 Å². The Labute approximate surface area is 145 Å². The van der Waals surface area contributed by atoms with Crippen molar-refractivity contribution in [1.29, 1.82) is 0 Å². The summed E-state index contributed by atoms with van der Waals surface area (Å²) >= 11 is 0. The third-order valence-electron chi connectivity index (χ3n) is 3.70. The van der Waals surface area contributed by atoms with Gasteiger partial charge in [0.15, 0.2) is 0 Å². The van der Waals surface area contributed by atoms with Gasteiger partial charge in [-0.15, -0.1) is 0 Å². The third kappa shape index (κ3) is 5.34. The number of rotatable bonds is 8. The first-order valence-electron chi connectivity index (χ1n) is 8.06. The van der Waals surface area contributed by atoms with Crippen molar-refractivity contribution in [3.8, 4) is 11.1 Å². The zero-order valence-corrected chi connectivity index (χ0v) is 14.0. The van der Waals surface area contributed by atoms with E-state index < -0.39 is 5.82 Å². The molecule has 2 N–H and O–H groups in total. The maximum absolute atomic E-state index is 14.4. The van der Waals surface area contributed by atoms with Crippen molar-refractivity contribution in [3.63, 3.8) is 0 Å². The molecule has 0 fully saturated rings. The second-order valence-electron chi connectivity index (χ2n) is 5.60. The van der Waals surface area contributed by atoms with Crippen LogP contribution in [0.15, 0.2) is 36.4 Å². The third-order valence-corrected chi connectivity index (χ3v) is 3.70. The molecule has 4 nitrogen and oxygen atoms in total. The summed E-state index contributed by atoms with van der Waals surface area (Å²) < 4.78 is 32.7. The van der Waals surface area contributed by atoms with Crippen LogP contribution in [0.5, 0.6) is 0 Å². The lowest BCUT2D eigenvalue weighted by Gasteiger charge is -2.10. The van der Waals surface area contributed by atoms with Crippen LogP contribution >= 0.6 is 0 Å². The highest BCUT2D eigenvalue weighted by Crippen LogP contribution is 2.27. The van der Waals surface area contributed by atoms with E-state index in [9.17, 15) is 13.6 Å². The van der Waals surface area contributed by atoms with Gasteiger partial charge in [0.1, 0.15) is 11.6 Å². The van der Waals surface area contributed by atoms with Crippen LogP contribution in [0.3, 0.4) is 0 Å². The molecule has 0 bridgehead atoms. The van der Waals surface area contributed by atoms with E-state index in [2.05, 4.69) is 5.32 Å². The fourth-order valence-corrected chi connectivity index (χ4v) is 2.45. The Morgan fingerprint density at radius 1 is 1.12 bits per heavy atom. The highest BCUT2D eigenvalue weighted by Gasteiger charge is 2.12. The number of halogens is 2. The van der Waals surface area contributed by atoms with Crippen LogP contribution in [0, 0.1) is 18.6 Å². The second kappa shape index (κ2) is 9.25. The highest BCUT2D eigenvalue weighted by atomic mass is 19.1. The first-order chi connectivity index (χ1) is 12.0. The van der Waals surface area contributed by atoms with Crippen molar-refractivity contribution < 1.29 is 23.4 Å². The van der Waals surface area contributed by atoms with Crippen molar-refractivity contribution in [2.45, 2.75) is 13.3 Å². The number of ether oxygens (including phenoxy) is 1. The molecule has 2 aromatic carbocycles. The Balaban J connectivity index is 2.00. The monoisotopic (exact) mass is 349 g/mol. The van der Waals surface area contributed by atoms with Crippen LogP contribution in [-0.4, -0.2) is 37.4 Å². The number of hydrogen-bond acceptors (Lipinski definition) is 3. The number of hydrogen-bond donors (Lipinski definition) is 2. The van der Waals surface area contributed by atoms with E-state index in [1.807, 2.05) is 0 Å². The minimum absolute atomic E-state index is 0.0362. The molecule has 25 heavy (non-hydrogen) atoms. The van der Waals surface area contributed by atoms with Crippen molar-refractivity contribution in [3.05, 3.63) is 59.2 Å².